The number of rotatable bonds is 5. The number of hydrogen-bond acceptors (Lipinski definition) is 5. The van der Waals surface area contributed by atoms with Gasteiger partial charge in [-0.2, -0.15) is 0 Å². The van der Waals surface area contributed by atoms with E-state index in [-0.39, 0.29) is 24.1 Å². The van der Waals surface area contributed by atoms with Crippen LogP contribution in [-0.4, -0.2) is 34.1 Å². The Bertz CT molecular complexity index is 442. The second-order valence-electron chi connectivity index (χ2n) is 4.53. The Kier molecular flexibility index (Phi) is 4.80. The summed E-state index contributed by atoms with van der Waals surface area (Å²) in [6.07, 6.45) is 0.460. The third-order valence-electron chi connectivity index (χ3n) is 2.21. The number of carbonyl (C=O) groups is 2. The average Bonchev–Trinajstić information content (AvgIpc) is 2.64. The highest BCUT2D eigenvalue weighted by molar-refractivity contribution is 7.14. The van der Waals surface area contributed by atoms with Gasteiger partial charge in [-0.3, -0.25) is 9.59 Å². The van der Waals surface area contributed by atoms with Crippen LogP contribution in [0, 0.1) is 0 Å². The summed E-state index contributed by atoms with van der Waals surface area (Å²) in [6.45, 7) is 5.03. The number of aliphatic hydroxyl groups is 1. The predicted octanol–water partition coefficient (Wildman–Crippen LogP) is 0.992. The van der Waals surface area contributed by atoms with Crippen LogP contribution in [0.3, 0.4) is 0 Å². The van der Waals surface area contributed by atoms with Gasteiger partial charge in [0.1, 0.15) is 5.69 Å². The van der Waals surface area contributed by atoms with Gasteiger partial charge in [0.2, 0.25) is 5.91 Å². The van der Waals surface area contributed by atoms with Crippen LogP contribution in [-0.2, 0) is 4.79 Å². The van der Waals surface area contributed by atoms with Crippen LogP contribution < -0.4 is 10.6 Å². The van der Waals surface area contributed by atoms with Gasteiger partial charge in [0, 0.05) is 24.4 Å². The van der Waals surface area contributed by atoms with Crippen molar-refractivity contribution in [2.45, 2.75) is 32.7 Å². The van der Waals surface area contributed by atoms with Gasteiger partial charge in [-0.05, 0) is 20.3 Å². The summed E-state index contributed by atoms with van der Waals surface area (Å²) in [7, 11) is 0. The smallest absolute Gasteiger partial charge is 0.271 e. The van der Waals surface area contributed by atoms with E-state index >= 15 is 0 Å². The SMILES string of the molecule is CC(=O)Nc1nc(C(=O)NC(C)(C)CCO)cs1. The molecule has 1 rings (SSSR count). The molecule has 0 aliphatic carbocycles. The van der Waals surface area contributed by atoms with Crippen molar-refractivity contribution in [1.82, 2.24) is 10.3 Å². The molecule has 1 aromatic rings. The number of nitrogens with one attached hydrogen (secondary N) is 2. The first-order valence-electron chi connectivity index (χ1n) is 5.50. The topological polar surface area (TPSA) is 91.3 Å². The molecule has 0 spiro atoms. The Morgan fingerprint density at radius 3 is 2.72 bits per heavy atom. The molecule has 0 aromatic carbocycles. The van der Waals surface area contributed by atoms with E-state index < -0.39 is 5.54 Å². The van der Waals surface area contributed by atoms with Gasteiger partial charge in [0.05, 0.1) is 0 Å². The number of aromatic nitrogens is 1. The molecule has 0 unspecified atom stereocenters. The fourth-order valence-corrected chi connectivity index (χ4v) is 2.04. The van der Waals surface area contributed by atoms with Gasteiger partial charge in [0.15, 0.2) is 5.13 Å². The normalized spacial score (nSPS) is 11.1. The van der Waals surface area contributed by atoms with E-state index in [0.717, 1.165) is 0 Å². The van der Waals surface area contributed by atoms with E-state index in [0.29, 0.717) is 11.6 Å². The number of carbonyl (C=O) groups excluding carboxylic acids is 2. The number of anilines is 1. The Labute approximate surface area is 109 Å². The summed E-state index contributed by atoms with van der Waals surface area (Å²) < 4.78 is 0. The highest BCUT2D eigenvalue weighted by atomic mass is 32.1. The van der Waals surface area contributed by atoms with Crippen LogP contribution >= 0.6 is 11.3 Å². The fourth-order valence-electron chi connectivity index (χ4n) is 1.30. The molecule has 1 aromatic heterocycles. The predicted molar refractivity (Wildman–Crippen MR) is 69.7 cm³/mol. The molecule has 0 saturated heterocycles. The maximum atomic E-state index is 11.9. The summed E-state index contributed by atoms with van der Waals surface area (Å²) in [5, 5.41) is 16.1. The molecule has 18 heavy (non-hydrogen) atoms. The quantitative estimate of drug-likeness (QED) is 0.745. The lowest BCUT2D eigenvalue weighted by Gasteiger charge is -2.24. The third kappa shape index (κ3) is 4.42. The van der Waals surface area contributed by atoms with E-state index in [1.165, 1.54) is 18.3 Å². The molecule has 0 aliphatic rings. The summed E-state index contributed by atoms with van der Waals surface area (Å²) in [5.41, 5.74) is -0.237. The highest BCUT2D eigenvalue weighted by Gasteiger charge is 2.22. The Morgan fingerprint density at radius 1 is 1.50 bits per heavy atom. The molecule has 6 nitrogen and oxygen atoms in total. The summed E-state index contributed by atoms with van der Waals surface area (Å²) in [5.74, 6) is -0.543. The number of hydrogen-bond donors (Lipinski definition) is 3. The minimum atomic E-state index is -0.496. The molecule has 1 heterocycles. The van der Waals surface area contributed by atoms with E-state index in [9.17, 15) is 9.59 Å². The van der Waals surface area contributed by atoms with Crippen molar-refractivity contribution in [2.24, 2.45) is 0 Å². The molecule has 0 aliphatic heterocycles. The number of aliphatic hydroxyl groups excluding tert-OH is 1. The first-order valence-corrected chi connectivity index (χ1v) is 6.38. The zero-order valence-electron chi connectivity index (χ0n) is 10.6. The molecule has 0 atom stereocenters. The van der Waals surface area contributed by atoms with E-state index in [4.69, 9.17) is 5.11 Å². The van der Waals surface area contributed by atoms with Gasteiger partial charge in [-0.1, -0.05) is 0 Å². The summed E-state index contributed by atoms with van der Waals surface area (Å²) >= 11 is 1.19. The molecule has 0 fully saturated rings. The molecule has 0 bridgehead atoms. The summed E-state index contributed by atoms with van der Waals surface area (Å²) in [4.78, 5) is 26.7. The number of amides is 2. The Morgan fingerprint density at radius 2 is 2.17 bits per heavy atom. The maximum absolute atomic E-state index is 11.9. The lowest BCUT2D eigenvalue weighted by atomic mass is 10.0. The van der Waals surface area contributed by atoms with Crippen molar-refractivity contribution < 1.29 is 14.7 Å². The molecule has 0 saturated carbocycles. The highest BCUT2D eigenvalue weighted by Crippen LogP contribution is 2.16. The second kappa shape index (κ2) is 5.92. The van der Waals surface area contributed by atoms with Crippen molar-refractivity contribution in [2.75, 3.05) is 11.9 Å². The number of thiazole rings is 1. The second-order valence-corrected chi connectivity index (χ2v) is 5.39. The first-order chi connectivity index (χ1) is 8.34. The molecule has 7 heteroatoms. The minimum absolute atomic E-state index is 0.00148. The van der Waals surface area contributed by atoms with E-state index in [1.807, 2.05) is 13.8 Å². The maximum Gasteiger partial charge on any atom is 0.271 e. The van der Waals surface area contributed by atoms with Crippen LogP contribution in [0.2, 0.25) is 0 Å². The zero-order chi connectivity index (χ0) is 13.8. The van der Waals surface area contributed by atoms with E-state index in [1.54, 1.807) is 5.38 Å². The van der Waals surface area contributed by atoms with Gasteiger partial charge in [-0.15, -0.1) is 11.3 Å². The largest absolute Gasteiger partial charge is 0.396 e. The van der Waals surface area contributed by atoms with Gasteiger partial charge < -0.3 is 15.7 Å². The van der Waals surface area contributed by atoms with Crippen LogP contribution in [0.1, 0.15) is 37.7 Å². The summed E-state index contributed by atoms with van der Waals surface area (Å²) in [6, 6.07) is 0. The van der Waals surface area contributed by atoms with Gasteiger partial charge in [-0.25, -0.2) is 4.98 Å². The first kappa shape index (κ1) is 14.6. The lowest BCUT2D eigenvalue weighted by Crippen LogP contribution is -2.44. The van der Waals surface area contributed by atoms with Crippen molar-refractivity contribution in [3.05, 3.63) is 11.1 Å². The van der Waals surface area contributed by atoms with Crippen LogP contribution in [0.4, 0.5) is 5.13 Å². The standard InChI is InChI=1S/C11H17N3O3S/c1-7(16)12-10-13-8(6-18-10)9(17)14-11(2,3)4-5-15/h6,15H,4-5H2,1-3H3,(H,14,17)(H,12,13,16). The molecular weight excluding hydrogens is 254 g/mol. The molecule has 2 amide bonds. The molecule has 3 N–H and O–H groups in total. The Balaban J connectivity index is 2.67. The number of nitrogens with zero attached hydrogens (tertiary/aromatic N) is 1. The minimum Gasteiger partial charge on any atom is -0.396 e. The Hall–Kier alpha value is -1.47. The van der Waals surface area contributed by atoms with Crippen molar-refractivity contribution >= 4 is 28.3 Å². The third-order valence-corrected chi connectivity index (χ3v) is 2.97. The van der Waals surface area contributed by atoms with E-state index in [2.05, 4.69) is 15.6 Å². The zero-order valence-corrected chi connectivity index (χ0v) is 11.4. The molecular formula is C11H17N3O3S. The molecule has 0 radical (unpaired) electrons. The van der Waals surface area contributed by atoms with Crippen LogP contribution in [0.25, 0.3) is 0 Å². The van der Waals surface area contributed by atoms with Crippen molar-refractivity contribution in [3.63, 3.8) is 0 Å². The fraction of sp³-hybridized carbons (Fsp3) is 0.545. The molecule has 100 valence electrons. The van der Waals surface area contributed by atoms with Gasteiger partial charge in [0.25, 0.3) is 5.91 Å². The lowest BCUT2D eigenvalue weighted by molar-refractivity contribution is -0.114. The van der Waals surface area contributed by atoms with Crippen LogP contribution in [0.5, 0.6) is 0 Å². The monoisotopic (exact) mass is 271 g/mol. The van der Waals surface area contributed by atoms with Crippen LogP contribution in [0.15, 0.2) is 5.38 Å². The average molecular weight is 271 g/mol. The van der Waals surface area contributed by atoms with Crippen molar-refractivity contribution in [1.29, 1.82) is 0 Å². The van der Waals surface area contributed by atoms with Gasteiger partial charge >= 0.3 is 0 Å². The van der Waals surface area contributed by atoms with Crippen molar-refractivity contribution in [3.8, 4) is 0 Å².